The van der Waals surface area contributed by atoms with Gasteiger partial charge in [0.1, 0.15) is 0 Å². The second kappa shape index (κ2) is 7.36. The van der Waals surface area contributed by atoms with Crippen molar-refractivity contribution in [3.8, 4) is 0 Å². The summed E-state index contributed by atoms with van der Waals surface area (Å²) in [6.07, 6.45) is 3.08. The molecule has 0 spiro atoms. The van der Waals surface area contributed by atoms with Crippen LogP contribution in [0.25, 0.3) is 0 Å². The molecule has 0 aliphatic heterocycles. The molecule has 0 radical (unpaired) electrons. The second-order valence-corrected chi connectivity index (χ2v) is 6.12. The molecular formula is C15H22N4S. The Morgan fingerprint density at radius 1 is 1.30 bits per heavy atom. The van der Waals surface area contributed by atoms with Crippen molar-refractivity contribution < 1.29 is 0 Å². The number of thiazole rings is 1. The van der Waals surface area contributed by atoms with Crippen LogP contribution in [-0.4, -0.2) is 28.5 Å². The summed E-state index contributed by atoms with van der Waals surface area (Å²) in [4.78, 5) is 12.5. The monoisotopic (exact) mass is 290 g/mol. The van der Waals surface area contributed by atoms with Crippen LogP contribution in [0.4, 0.5) is 5.13 Å². The lowest BCUT2D eigenvalue weighted by molar-refractivity contribution is 0.317. The maximum absolute atomic E-state index is 4.53. The summed E-state index contributed by atoms with van der Waals surface area (Å²) >= 11 is 1.73. The van der Waals surface area contributed by atoms with E-state index in [9.17, 15) is 0 Å². The number of aromatic nitrogens is 2. The van der Waals surface area contributed by atoms with E-state index < -0.39 is 0 Å². The van der Waals surface area contributed by atoms with Gasteiger partial charge in [-0.3, -0.25) is 9.88 Å². The van der Waals surface area contributed by atoms with Gasteiger partial charge in [-0.1, -0.05) is 13.0 Å². The number of nitrogens with zero attached hydrogens (tertiary/aromatic N) is 3. The van der Waals surface area contributed by atoms with Crippen molar-refractivity contribution in [1.29, 1.82) is 0 Å². The Morgan fingerprint density at radius 2 is 2.15 bits per heavy atom. The number of anilines is 1. The van der Waals surface area contributed by atoms with Crippen LogP contribution in [0.3, 0.4) is 0 Å². The van der Waals surface area contributed by atoms with Crippen molar-refractivity contribution in [2.75, 3.05) is 18.9 Å². The van der Waals surface area contributed by atoms with Gasteiger partial charge >= 0.3 is 0 Å². The average molecular weight is 290 g/mol. The van der Waals surface area contributed by atoms with Crippen molar-refractivity contribution in [2.45, 2.75) is 33.4 Å². The van der Waals surface area contributed by atoms with Gasteiger partial charge in [0.2, 0.25) is 0 Å². The summed E-state index contributed by atoms with van der Waals surface area (Å²) in [5.74, 6) is 0. The van der Waals surface area contributed by atoms with Crippen LogP contribution < -0.4 is 5.32 Å². The van der Waals surface area contributed by atoms with Gasteiger partial charge in [0.25, 0.3) is 0 Å². The van der Waals surface area contributed by atoms with Crippen molar-refractivity contribution >= 4 is 16.5 Å². The van der Waals surface area contributed by atoms with E-state index in [1.807, 2.05) is 19.2 Å². The number of hydrogen-bond donors (Lipinski definition) is 1. The predicted octanol–water partition coefficient (Wildman–Crippen LogP) is 3.30. The highest BCUT2D eigenvalue weighted by molar-refractivity contribution is 7.15. The van der Waals surface area contributed by atoms with E-state index in [2.05, 4.69) is 46.3 Å². The molecule has 0 aromatic carbocycles. The first-order chi connectivity index (χ1) is 9.67. The van der Waals surface area contributed by atoms with Crippen LogP contribution in [0.5, 0.6) is 0 Å². The van der Waals surface area contributed by atoms with Crippen molar-refractivity contribution in [3.05, 3.63) is 40.7 Å². The third-order valence-corrected chi connectivity index (χ3v) is 3.82. The largest absolute Gasteiger partial charge is 0.362 e. The van der Waals surface area contributed by atoms with Crippen LogP contribution in [0, 0.1) is 6.92 Å². The van der Waals surface area contributed by atoms with E-state index in [1.165, 1.54) is 4.88 Å². The normalized spacial score (nSPS) is 11.0. The number of aryl methyl sites for hydroxylation is 1. The number of rotatable bonds is 7. The summed E-state index contributed by atoms with van der Waals surface area (Å²) in [7, 11) is 2.11. The highest BCUT2D eigenvalue weighted by atomic mass is 32.1. The fourth-order valence-electron chi connectivity index (χ4n) is 1.98. The minimum atomic E-state index is 0.858. The Kier molecular flexibility index (Phi) is 5.49. The molecule has 1 N–H and O–H groups in total. The lowest BCUT2D eigenvalue weighted by Gasteiger charge is -2.14. The molecule has 0 saturated heterocycles. The second-order valence-electron chi connectivity index (χ2n) is 5.00. The summed E-state index contributed by atoms with van der Waals surface area (Å²) in [6.45, 7) is 6.93. The molecule has 2 rings (SSSR count). The van der Waals surface area contributed by atoms with Crippen LogP contribution in [0.15, 0.2) is 24.4 Å². The molecule has 4 nitrogen and oxygen atoms in total. The van der Waals surface area contributed by atoms with Crippen LogP contribution in [-0.2, 0) is 13.1 Å². The Hall–Kier alpha value is -1.46. The topological polar surface area (TPSA) is 41.1 Å². The van der Waals surface area contributed by atoms with Crippen molar-refractivity contribution in [3.63, 3.8) is 0 Å². The van der Waals surface area contributed by atoms with Gasteiger partial charge < -0.3 is 5.32 Å². The van der Waals surface area contributed by atoms with E-state index >= 15 is 0 Å². The van der Waals surface area contributed by atoms with Crippen molar-refractivity contribution in [1.82, 2.24) is 14.9 Å². The molecule has 2 aromatic rings. The van der Waals surface area contributed by atoms with Gasteiger partial charge in [-0.2, -0.15) is 0 Å². The van der Waals surface area contributed by atoms with Gasteiger partial charge in [-0.25, -0.2) is 4.98 Å². The maximum Gasteiger partial charge on any atom is 0.182 e. The number of pyridine rings is 1. The van der Waals surface area contributed by atoms with E-state index in [-0.39, 0.29) is 0 Å². The van der Waals surface area contributed by atoms with Gasteiger partial charge in [0.05, 0.1) is 5.69 Å². The van der Waals surface area contributed by atoms with E-state index in [1.54, 1.807) is 11.3 Å². The fourth-order valence-corrected chi connectivity index (χ4v) is 2.90. The molecule has 0 saturated carbocycles. The molecule has 5 heteroatoms. The molecule has 20 heavy (non-hydrogen) atoms. The molecule has 0 atom stereocenters. The first-order valence-corrected chi connectivity index (χ1v) is 7.78. The lowest BCUT2D eigenvalue weighted by atomic mass is 10.3. The zero-order chi connectivity index (χ0) is 14.4. The summed E-state index contributed by atoms with van der Waals surface area (Å²) < 4.78 is 0. The van der Waals surface area contributed by atoms with E-state index in [0.717, 1.165) is 42.6 Å². The molecule has 0 amide bonds. The molecule has 0 aliphatic rings. The van der Waals surface area contributed by atoms with E-state index in [0.29, 0.717) is 0 Å². The smallest absolute Gasteiger partial charge is 0.182 e. The first kappa shape index (κ1) is 14.9. The fraction of sp³-hybridized carbons (Fsp3) is 0.467. The SMILES string of the molecule is CCCNc1ncc(CN(C)Cc2cccc(C)n2)s1. The van der Waals surface area contributed by atoms with Gasteiger partial charge in [0.15, 0.2) is 5.13 Å². The third-order valence-electron chi connectivity index (χ3n) is 2.88. The summed E-state index contributed by atoms with van der Waals surface area (Å²) in [6, 6.07) is 6.16. The van der Waals surface area contributed by atoms with Gasteiger partial charge in [-0.05, 0) is 32.5 Å². The maximum atomic E-state index is 4.53. The zero-order valence-corrected chi connectivity index (χ0v) is 13.2. The Morgan fingerprint density at radius 3 is 2.90 bits per heavy atom. The summed E-state index contributed by atoms with van der Waals surface area (Å²) in [5, 5.41) is 4.34. The quantitative estimate of drug-likeness (QED) is 0.849. The molecular weight excluding hydrogens is 268 g/mol. The number of nitrogens with one attached hydrogen (secondary N) is 1. The standard InChI is InChI=1S/C15H22N4S/c1-4-8-16-15-17-9-14(20-15)11-19(3)10-13-7-5-6-12(2)18-13/h5-7,9H,4,8,10-11H2,1-3H3,(H,16,17). The molecule has 2 aromatic heterocycles. The summed E-state index contributed by atoms with van der Waals surface area (Å²) in [5.41, 5.74) is 2.18. The number of hydrogen-bond acceptors (Lipinski definition) is 5. The minimum Gasteiger partial charge on any atom is -0.362 e. The predicted molar refractivity (Wildman–Crippen MR) is 85.0 cm³/mol. The first-order valence-electron chi connectivity index (χ1n) is 6.97. The van der Waals surface area contributed by atoms with Gasteiger partial charge in [-0.15, -0.1) is 11.3 Å². The van der Waals surface area contributed by atoms with E-state index in [4.69, 9.17) is 0 Å². The molecule has 108 valence electrons. The molecule has 0 aliphatic carbocycles. The van der Waals surface area contributed by atoms with Gasteiger partial charge in [0, 0.05) is 36.4 Å². The lowest BCUT2D eigenvalue weighted by Crippen LogP contribution is -2.17. The third kappa shape index (κ3) is 4.58. The van der Waals surface area contributed by atoms with Crippen LogP contribution in [0.2, 0.25) is 0 Å². The molecule has 0 bridgehead atoms. The highest BCUT2D eigenvalue weighted by Gasteiger charge is 2.06. The Balaban J connectivity index is 1.87. The van der Waals surface area contributed by atoms with Crippen molar-refractivity contribution in [2.24, 2.45) is 0 Å². The Labute approximate surface area is 124 Å². The zero-order valence-electron chi connectivity index (χ0n) is 12.4. The highest BCUT2D eigenvalue weighted by Crippen LogP contribution is 2.19. The van der Waals surface area contributed by atoms with Crippen LogP contribution >= 0.6 is 11.3 Å². The Bertz CT molecular complexity index is 538. The van der Waals surface area contributed by atoms with Crippen LogP contribution in [0.1, 0.15) is 29.6 Å². The molecule has 0 unspecified atom stereocenters. The molecule has 0 fully saturated rings. The minimum absolute atomic E-state index is 0.858. The molecule has 2 heterocycles. The average Bonchev–Trinajstić information content (AvgIpc) is 2.83.